The summed E-state index contributed by atoms with van der Waals surface area (Å²) in [5.74, 6) is -0.666. The fourth-order valence-corrected chi connectivity index (χ4v) is 5.19. The molecule has 0 saturated heterocycles. The van der Waals surface area contributed by atoms with Crippen LogP contribution in [0.1, 0.15) is 10.4 Å². The maximum atomic E-state index is 13.0. The van der Waals surface area contributed by atoms with Crippen LogP contribution in [0.25, 0.3) is 32.8 Å². The maximum absolute atomic E-state index is 13.0. The highest BCUT2D eigenvalue weighted by molar-refractivity contribution is 7.92. The SMILES string of the molecule is Cn1cc(-c2ccc3ccccc3c2)c2cc(N(O)S(=O)(=O)c3ccc(C(N)=O)cc3)ccc21. The fourth-order valence-electron chi connectivity index (χ4n) is 4.12. The van der Waals surface area contributed by atoms with Gasteiger partial charge < -0.3 is 10.3 Å². The molecule has 0 aliphatic carbocycles. The van der Waals surface area contributed by atoms with E-state index in [1.54, 1.807) is 18.2 Å². The van der Waals surface area contributed by atoms with Gasteiger partial charge in [-0.1, -0.05) is 36.4 Å². The van der Waals surface area contributed by atoms with E-state index < -0.39 is 15.9 Å². The Morgan fingerprint density at radius 3 is 2.32 bits per heavy atom. The van der Waals surface area contributed by atoms with Crippen LogP contribution in [0.2, 0.25) is 0 Å². The molecule has 4 aromatic carbocycles. The van der Waals surface area contributed by atoms with Gasteiger partial charge in [0.05, 0.1) is 10.6 Å². The Morgan fingerprint density at radius 2 is 1.62 bits per heavy atom. The number of hydrogen-bond donors (Lipinski definition) is 2. The molecule has 0 atom stereocenters. The predicted octanol–water partition coefficient (Wildman–Crippen LogP) is 4.68. The first-order valence-electron chi connectivity index (χ1n) is 10.5. The molecule has 0 unspecified atom stereocenters. The summed E-state index contributed by atoms with van der Waals surface area (Å²) < 4.78 is 28.2. The summed E-state index contributed by atoms with van der Waals surface area (Å²) in [5.41, 5.74) is 8.29. The number of aryl methyl sites for hydroxylation is 1. The summed E-state index contributed by atoms with van der Waals surface area (Å²) in [6.45, 7) is 0. The second kappa shape index (κ2) is 8.02. The van der Waals surface area contributed by atoms with E-state index in [4.69, 9.17) is 5.73 Å². The number of hydrogen-bond acceptors (Lipinski definition) is 4. The Hall–Kier alpha value is -4.14. The van der Waals surface area contributed by atoms with Crippen molar-refractivity contribution in [3.63, 3.8) is 0 Å². The number of aromatic nitrogens is 1. The van der Waals surface area contributed by atoms with E-state index in [-0.39, 0.29) is 20.6 Å². The second-order valence-corrected chi connectivity index (χ2v) is 9.82. The Labute approximate surface area is 196 Å². The third-order valence-corrected chi connectivity index (χ3v) is 7.45. The molecule has 34 heavy (non-hydrogen) atoms. The molecule has 1 amide bonds. The van der Waals surface area contributed by atoms with Crippen molar-refractivity contribution in [2.24, 2.45) is 12.8 Å². The van der Waals surface area contributed by atoms with Gasteiger partial charge in [0.2, 0.25) is 5.91 Å². The highest BCUT2D eigenvalue weighted by Gasteiger charge is 2.24. The molecule has 3 N–H and O–H groups in total. The number of fused-ring (bicyclic) bond motifs is 2. The first-order chi connectivity index (χ1) is 16.3. The lowest BCUT2D eigenvalue weighted by molar-refractivity contribution is 0.1000. The normalized spacial score (nSPS) is 11.7. The highest BCUT2D eigenvalue weighted by atomic mass is 32.2. The van der Waals surface area contributed by atoms with E-state index in [1.165, 1.54) is 24.3 Å². The number of benzene rings is 4. The van der Waals surface area contributed by atoms with Crippen molar-refractivity contribution in [1.82, 2.24) is 4.57 Å². The number of primary amides is 1. The van der Waals surface area contributed by atoms with Crippen molar-refractivity contribution < 1.29 is 18.4 Å². The lowest BCUT2D eigenvalue weighted by Crippen LogP contribution is -2.27. The minimum atomic E-state index is -4.27. The highest BCUT2D eigenvalue weighted by Crippen LogP contribution is 2.35. The molecule has 0 aliphatic heterocycles. The van der Waals surface area contributed by atoms with Crippen LogP contribution in [0.15, 0.2) is 96.0 Å². The van der Waals surface area contributed by atoms with Gasteiger partial charge in [-0.15, -0.1) is 4.47 Å². The predicted molar refractivity (Wildman–Crippen MR) is 132 cm³/mol. The first-order valence-corrected chi connectivity index (χ1v) is 11.9. The Bertz CT molecular complexity index is 1670. The third-order valence-electron chi connectivity index (χ3n) is 5.92. The quantitative estimate of drug-likeness (QED) is 0.363. The number of carbonyl (C=O) groups is 1. The van der Waals surface area contributed by atoms with Gasteiger partial charge in [-0.3, -0.25) is 10.0 Å². The molecule has 0 radical (unpaired) electrons. The zero-order chi connectivity index (χ0) is 24.0. The minimum absolute atomic E-state index is 0.0970. The van der Waals surface area contributed by atoms with Crippen molar-refractivity contribution >= 4 is 43.3 Å². The van der Waals surface area contributed by atoms with Gasteiger partial charge in [0.25, 0.3) is 10.0 Å². The van der Waals surface area contributed by atoms with Crippen LogP contribution < -0.4 is 10.2 Å². The summed E-state index contributed by atoms with van der Waals surface area (Å²) in [4.78, 5) is 11.1. The molecule has 7 nitrogen and oxygen atoms in total. The molecule has 0 saturated carbocycles. The molecule has 0 fully saturated rings. The van der Waals surface area contributed by atoms with E-state index >= 15 is 0 Å². The molecule has 1 aromatic heterocycles. The summed E-state index contributed by atoms with van der Waals surface area (Å²) in [7, 11) is -2.36. The number of nitrogens with two attached hydrogens (primary N) is 1. The second-order valence-electron chi connectivity index (χ2n) is 8.05. The van der Waals surface area contributed by atoms with Crippen LogP contribution in [0.3, 0.4) is 0 Å². The molecule has 0 aliphatic rings. The molecule has 5 aromatic rings. The summed E-state index contributed by atoms with van der Waals surface area (Å²) in [6.07, 6.45) is 1.98. The van der Waals surface area contributed by atoms with Crippen molar-refractivity contribution in [1.29, 1.82) is 0 Å². The van der Waals surface area contributed by atoms with Gasteiger partial charge >= 0.3 is 0 Å². The molecular weight excluding hydrogens is 450 g/mol. The Morgan fingerprint density at radius 1 is 0.912 bits per heavy atom. The van der Waals surface area contributed by atoms with E-state index in [1.807, 2.05) is 54.2 Å². The van der Waals surface area contributed by atoms with Crippen LogP contribution >= 0.6 is 0 Å². The van der Waals surface area contributed by atoms with E-state index in [0.29, 0.717) is 0 Å². The lowest BCUT2D eigenvalue weighted by Gasteiger charge is -2.17. The molecule has 0 bridgehead atoms. The standard InChI is InChI=1S/C26H21N3O4S/c1-28-16-24(20-7-6-17-4-2-3-5-19(17)14-20)23-15-21(10-13-25(23)28)29(31)34(32,33)22-11-8-18(9-12-22)26(27)30/h2-16,31H,1H3,(H2,27,30). The number of sulfonamides is 1. The number of carbonyl (C=O) groups excluding carboxylic acids is 1. The average Bonchev–Trinajstić information content (AvgIpc) is 3.19. The zero-order valence-electron chi connectivity index (χ0n) is 18.2. The summed E-state index contributed by atoms with van der Waals surface area (Å²) in [5, 5.41) is 13.7. The Kier molecular flexibility index (Phi) is 5.11. The van der Waals surface area contributed by atoms with Crippen molar-refractivity contribution in [2.45, 2.75) is 4.90 Å². The molecule has 170 valence electrons. The van der Waals surface area contributed by atoms with Gasteiger partial charge in [0, 0.05) is 35.3 Å². The van der Waals surface area contributed by atoms with Crippen LogP contribution in [-0.2, 0) is 17.1 Å². The van der Waals surface area contributed by atoms with Crippen LogP contribution in [0.4, 0.5) is 5.69 Å². The number of anilines is 1. The lowest BCUT2D eigenvalue weighted by atomic mass is 10.0. The smallest absolute Gasteiger partial charge is 0.286 e. The van der Waals surface area contributed by atoms with Crippen LogP contribution in [0.5, 0.6) is 0 Å². The van der Waals surface area contributed by atoms with E-state index in [9.17, 15) is 18.4 Å². The average molecular weight is 472 g/mol. The minimum Gasteiger partial charge on any atom is -0.366 e. The van der Waals surface area contributed by atoms with Gasteiger partial charge in [-0.05, 0) is 64.9 Å². The third kappa shape index (κ3) is 3.59. The number of rotatable bonds is 5. The van der Waals surface area contributed by atoms with Crippen molar-refractivity contribution in [3.8, 4) is 11.1 Å². The fraction of sp³-hybridized carbons (Fsp3) is 0.0385. The van der Waals surface area contributed by atoms with E-state index in [0.717, 1.165) is 32.8 Å². The maximum Gasteiger partial charge on any atom is 0.286 e. The van der Waals surface area contributed by atoms with Gasteiger partial charge in [-0.2, -0.15) is 8.42 Å². The van der Waals surface area contributed by atoms with Crippen LogP contribution in [0, 0.1) is 0 Å². The molecule has 5 rings (SSSR count). The molecule has 0 spiro atoms. The largest absolute Gasteiger partial charge is 0.366 e. The molecule has 1 heterocycles. The molecule has 8 heteroatoms. The first kappa shape index (κ1) is 21.7. The van der Waals surface area contributed by atoms with E-state index in [2.05, 4.69) is 6.07 Å². The Balaban J connectivity index is 1.58. The summed E-state index contributed by atoms with van der Waals surface area (Å²) >= 11 is 0. The monoisotopic (exact) mass is 471 g/mol. The summed E-state index contributed by atoms with van der Waals surface area (Å²) in [6, 6.07) is 24.3. The van der Waals surface area contributed by atoms with Gasteiger partial charge in [0.1, 0.15) is 0 Å². The van der Waals surface area contributed by atoms with Crippen molar-refractivity contribution in [2.75, 3.05) is 4.47 Å². The van der Waals surface area contributed by atoms with Crippen molar-refractivity contribution in [3.05, 3.63) is 96.7 Å². The molecular formula is C26H21N3O4S. The van der Waals surface area contributed by atoms with Gasteiger partial charge in [0.15, 0.2) is 0 Å². The topological polar surface area (TPSA) is 106 Å². The zero-order valence-corrected chi connectivity index (χ0v) is 19.0. The number of nitrogens with zero attached hydrogens (tertiary/aromatic N) is 2. The van der Waals surface area contributed by atoms with Crippen LogP contribution in [-0.4, -0.2) is 24.1 Å². The van der Waals surface area contributed by atoms with Gasteiger partial charge in [-0.25, -0.2) is 0 Å². The number of amides is 1.